The molecule has 0 heterocycles. The highest BCUT2D eigenvalue weighted by Gasteiger charge is 2.31. The summed E-state index contributed by atoms with van der Waals surface area (Å²) in [5.74, 6) is -1.41. The zero-order valence-electron chi connectivity index (χ0n) is 18.6. The van der Waals surface area contributed by atoms with Gasteiger partial charge in [-0.2, -0.15) is 0 Å². The Balaban J connectivity index is 1.39. The van der Waals surface area contributed by atoms with Crippen LogP contribution in [0.3, 0.4) is 0 Å². The van der Waals surface area contributed by atoms with Crippen LogP contribution >= 0.6 is 0 Å². The van der Waals surface area contributed by atoms with Gasteiger partial charge in [0.25, 0.3) is 5.91 Å². The summed E-state index contributed by atoms with van der Waals surface area (Å²) in [5, 5.41) is 13.6. The second-order valence-corrected chi connectivity index (χ2v) is 8.19. The number of halogens is 3. The second-order valence-electron chi connectivity index (χ2n) is 8.19. The summed E-state index contributed by atoms with van der Waals surface area (Å²) in [6.07, 6.45) is -1.42. The Bertz CT molecular complexity index is 1020. The Morgan fingerprint density at radius 3 is 2.09 bits per heavy atom. The minimum Gasteiger partial charge on any atom is -0.490 e. The van der Waals surface area contributed by atoms with Gasteiger partial charge in [0, 0.05) is 17.7 Å². The molecule has 1 fully saturated rings. The van der Waals surface area contributed by atoms with Crippen LogP contribution in [0.15, 0.2) is 48.5 Å². The van der Waals surface area contributed by atoms with Crippen molar-refractivity contribution in [2.45, 2.75) is 44.6 Å². The Labute approximate surface area is 199 Å². The van der Waals surface area contributed by atoms with Crippen LogP contribution in [0.4, 0.5) is 18.9 Å². The number of anilines is 1. The molecule has 0 radical (unpaired) electrons. The van der Waals surface area contributed by atoms with Gasteiger partial charge < -0.3 is 25.2 Å². The summed E-state index contributed by atoms with van der Waals surface area (Å²) in [6, 6.07) is 11.4. The average Bonchev–Trinajstić information content (AvgIpc) is 2.79. The van der Waals surface area contributed by atoms with Crippen molar-refractivity contribution in [3.63, 3.8) is 0 Å². The first-order valence-electron chi connectivity index (χ1n) is 11.0. The SMILES string of the molecule is O=C(O)CNC(=O)c1ccc(O[C@H]2CC[C@H](CC(=O)Nc3ccc(OC(F)(F)F)cc3)CC2)cc1. The van der Waals surface area contributed by atoms with Crippen molar-refractivity contribution in [3.8, 4) is 11.5 Å². The molecule has 1 saturated carbocycles. The maximum Gasteiger partial charge on any atom is 0.573 e. The van der Waals surface area contributed by atoms with Crippen molar-refractivity contribution in [2.24, 2.45) is 5.92 Å². The number of hydrogen-bond donors (Lipinski definition) is 3. The van der Waals surface area contributed by atoms with Crippen LogP contribution in [0.1, 0.15) is 42.5 Å². The zero-order chi connectivity index (χ0) is 25.4. The maximum atomic E-state index is 12.3. The van der Waals surface area contributed by atoms with Gasteiger partial charge in [-0.1, -0.05) is 0 Å². The van der Waals surface area contributed by atoms with E-state index in [1.54, 1.807) is 24.3 Å². The van der Waals surface area contributed by atoms with Gasteiger partial charge in [-0.25, -0.2) is 0 Å². The molecule has 0 saturated heterocycles. The largest absolute Gasteiger partial charge is 0.573 e. The lowest BCUT2D eigenvalue weighted by atomic mass is 9.85. The van der Waals surface area contributed by atoms with Gasteiger partial charge in [0.2, 0.25) is 5.91 Å². The minimum atomic E-state index is -4.77. The van der Waals surface area contributed by atoms with Crippen molar-refractivity contribution in [1.29, 1.82) is 0 Å². The van der Waals surface area contributed by atoms with Crippen LogP contribution in [0.2, 0.25) is 0 Å². The lowest BCUT2D eigenvalue weighted by Gasteiger charge is -2.28. The van der Waals surface area contributed by atoms with E-state index in [2.05, 4.69) is 15.4 Å². The van der Waals surface area contributed by atoms with Gasteiger partial charge >= 0.3 is 12.3 Å². The van der Waals surface area contributed by atoms with Crippen LogP contribution in [-0.4, -0.2) is 41.9 Å². The number of rotatable bonds is 9. The Kier molecular flexibility index (Phi) is 8.56. The minimum absolute atomic E-state index is 0.0258. The molecule has 8 nitrogen and oxygen atoms in total. The quantitative estimate of drug-likeness (QED) is 0.477. The standard InChI is InChI=1S/C24H25F3N2O6/c25-24(26,27)35-20-11-5-17(6-12-20)29-21(30)13-15-1-7-18(8-2-15)34-19-9-3-16(4-10-19)23(33)28-14-22(31)32/h3-6,9-12,15,18H,1-2,7-8,13-14H2,(H,28,33)(H,29,30)(H,31,32)/t15-,18-. The maximum absolute atomic E-state index is 12.3. The second kappa shape index (κ2) is 11.6. The third-order valence-electron chi connectivity index (χ3n) is 5.46. The molecular formula is C24H25F3N2O6. The number of benzene rings is 2. The zero-order valence-corrected chi connectivity index (χ0v) is 18.6. The van der Waals surface area contributed by atoms with Crippen LogP contribution in [0, 0.1) is 5.92 Å². The highest BCUT2D eigenvalue weighted by molar-refractivity contribution is 5.95. The number of alkyl halides is 3. The lowest BCUT2D eigenvalue weighted by Crippen LogP contribution is -2.29. The normalized spacial score (nSPS) is 17.8. The van der Waals surface area contributed by atoms with Crippen LogP contribution in [-0.2, 0) is 9.59 Å². The molecule has 2 aromatic rings. The van der Waals surface area contributed by atoms with E-state index in [-0.39, 0.29) is 23.7 Å². The molecule has 0 unspecified atom stereocenters. The number of amides is 2. The number of carbonyl (C=O) groups excluding carboxylic acids is 2. The number of hydrogen-bond acceptors (Lipinski definition) is 5. The van der Waals surface area contributed by atoms with E-state index >= 15 is 0 Å². The number of carboxylic acids is 1. The number of aliphatic carboxylic acids is 1. The molecule has 188 valence electrons. The fourth-order valence-corrected chi connectivity index (χ4v) is 3.80. The molecule has 0 atom stereocenters. The fraction of sp³-hybridized carbons (Fsp3) is 0.375. The molecular weight excluding hydrogens is 469 g/mol. The number of nitrogens with one attached hydrogen (secondary N) is 2. The van der Waals surface area contributed by atoms with Gasteiger partial charge in [0.15, 0.2) is 0 Å². The molecule has 3 rings (SSSR count). The van der Waals surface area contributed by atoms with Crippen molar-refractivity contribution >= 4 is 23.5 Å². The topological polar surface area (TPSA) is 114 Å². The van der Waals surface area contributed by atoms with E-state index < -0.39 is 24.8 Å². The molecule has 0 aliphatic heterocycles. The first-order chi connectivity index (χ1) is 16.6. The van der Waals surface area contributed by atoms with Crippen LogP contribution < -0.4 is 20.1 Å². The van der Waals surface area contributed by atoms with Crippen LogP contribution in [0.5, 0.6) is 11.5 Å². The van der Waals surface area contributed by atoms with Crippen molar-refractivity contribution in [2.75, 3.05) is 11.9 Å². The Hall–Kier alpha value is -3.76. The monoisotopic (exact) mass is 494 g/mol. The number of carboxylic acid groups (broad SMARTS) is 1. The van der Waals surface area contributed by atoms with Gasteiger partial charge in [0.1, 0.15) is 18.0 Å². The average molecular weight is 494 g/mol. The highest BCUT2D eigenvalue weighted by atomic mass is 19.4. The molecule has 11 heteroatoms. The summed E-state index contributed by atoms with van der Waals surface area (Å²) in [4.78, 5) is 34.7. The summed E-state index contributed by atoms with van der Waals surface area (Å²) >= 11 is 0. The van der Waals surface area contributed by atoms with Gasteiger partial charge in [-0.05, 0) is 80.1 Å². The third-order valence-corrected chi connectivity index (χ3v) is 5.46. The predicted octanol–water partition coefficient (Wildman–Crippen LogP) is 4.37. The van der Waals surface area contributed by atoms with Crippen molar-refractivity contribution in [3.05, 3.63) is 54.1 Å². The molecule has 2 amide bonds. The Morgan fingerprint density at radius 1 is 0.914 bits per heavy atom. The summed E-state index contributed by atoms with van der Waals surface area (Å²) in [5.41, 5.74) is 0.720. The smallest absolute Gasteiger partial charge is 0.490 e. The van der Waals surface area contributed by atoms with E-state index in [1.165, 1.54) is 12.1 Å². The lowest BCUT2D eigenvalue weighted by molar-refractivity contribution is -0.274. The van der Waals surface area contributed by atoms with Crippen LogP contribution in [0.25, 0.3) is 0 Å². The van der Waals surface area contributed by atoms with E-state index in [0.29, 0.717) is 23.4 Å². The summed E-state index contributed by atoms with van der Waals surface area (Å²) < 4.78 is 46.4. The summed E-state index contributed by atoms with van der Waals surface area (Å²) in [6.45, 7) is -0.457. The molecule has 0 spiro atoms. The van der Waals surface area contributed by atoms with Gasteiger partial charge in [-0.3, -0.25) is 14.4 Å². The Morgan fingerprint density at radius 2 is 1.51 bits per heavy atom. The van der Waals surface area contributed by atoms with Crippen molar-refractivity contribution < 1.29 is 42.1 Å². The molecule has 1 aliphatic rings. The third kappa shape index (κ3) is 8.84. The first kappa shape index (κ1) is 25.9. The van der Waals surface area contributed by atoms with E-state index in [9.17, 15) is 27.6 Å². The number of carbonyl (C=O) groups is 3. The molecule has 0 bridgehead atoms. The van der Waals surface area contributed by atoms with Gasteiger partial charge in [-0.15, -0.1) is 13.2 Å². The van der Waals surface area contributed by atoms with E-state index in [4.69, 9.17) is 9.84 Å². The first-order valence-corrected chi connectivity index (χ1v) is 11.0. The fourth-order valence-electron chi connectivity index (χ4n) is 3.80. The van der Waals surface area contributed by atoms with E-state index in [1.807, 2.05) is 0 Å². The van der Waals surface area contributed by atoms with Crippen molar-refractivity contribution in [1.82, 2.24) is 5.32 Å². The molecule has 2 aromatic carbocycles. The highest BCUT2D eigenvalue weighted by Crippen LogP contribution is 2.30. The molecule has 3 N–H and O–H groups in total. The molecule has 1 aliphatic carbocycles. The summed E-state index contributed by atoms with van der Waals surface area (Å²) in [7, 11) is 0. The van der Waals surface area contributed by atoms with Gasteiger partial charge in [0.05, 0.1) is 6.10 Å². The van der Waals surface area contributed by atoms with E-state index in [0.717, 1.165) is 37.8 Å². The molecule has 35 heavy (non-hydrogen) atoms. The molecule has 0 aromatic heterocycles. The predicted molar refractivity (Wildman–Crippen MR) is 119 cm³/mol. The number of ether oxygens (including phenoxy) is 2.